The van der Waals surface area contributed by atoms with E-state index in [0.29, 0.717) is 33.2 Å². The summed E-state index contributed by atoms with van der Waals surface area (Å²) in [4.78, 5) is 25.5. The number of carbonyl (C=O) groups excluding carboxylic acids is 2. The van der Waals surface area contributed by atoms with Crippen LogP contribution in [0.1, 0.15) is 31.8 Å². The largest absolute Gasteiger partial charge is 0.497 e. The van der Waals surface area contributed by atoms with Crippen molar-refractivity contribution in [3.8, 4) is 17.2 Å². The van der Waals surface area contributed by atoms with Crippen LogP contribution in [0.25, 0.3) is 17.0 Å². The van der Waals surface area contributed by atoms with E-state index in [0.717, 1.165) is 22.2 Å². The van der Waals surface area contributed by atoms with Gasteiger partial charge in [0.15, 0.2) is 18.1 Å². The lowest BCUT2D eigenvalue weighted by atomic mass is 10.1. The number of rotatable bonds is 6. The molecule has 0 spiro atoms. The van der Waals surface area contributed by atoms with Crippen molar-refractivity contribution in [3.05, 3.63) is 93.8 Å². The van der Waals surface area contributed by atoms with E-state index >= 15 is 0 Å². The van der Waals surface area contributed by atoms with Crippen LogP contribution in [0, 0.1) is 6.92 Å². The number of fused-ring (bicyclic) bond motifs is 2. The summed E-state index contributed by atoms with van der Waals surface area (Å²) >= 11 is 5.89. The van der Waals surface area contributed by atoms with Crippen LogP contribution in [-0.2, 0) is 7.05 Å². The zero-order chi connectivity index (χ0) is 24.7. The molecule has 1 aliphatic rings. The fourth-order valence-corrected chi connectivity index (χ4v) is 4.30. The molecule has 5 rings (SSSR count). The molecule has 0 atom stereocenters. The van der Waals surface area contributed by atoms with Crippen LogP contribution < -0.4 is 14.2 Å². The van der Waals surface area contributed by atoms with Crippen molar-refractivity contribution >= 4 is 40.1 Å². The van der Waals surface area contributed by atoms with Crippen LogP contribution in [-0.4, -0.2) is 29.9 Å². The SMILES string of the molecule is COc1ccc2c(c1)c(/C=C1\Oc3c(ccc(OCC(=O)c4ccc(Cl)cc4)c3C)C1=O)cn2C. The molecule has 35 heavy (non-hydrogen) atoms. The van der Waals surface area contributed by atoms with E-state index in [2.05, 4.69) is 0 Å². The molecule has 6 nitrogen and oxygen atoms in total. The Bertz CT molecular complexity index is 1510. The van der Waals surface area contributed by atoms with E-state index in [-0.39, 0.29) is 23.9 Å². The zero-order valence-electron chi connectivity index (χ0n) is 19.4. The van der Waals surface area contributed by atoms with E-state index in [9.17, 15) is 9.59 Å². The number of hydrogen-bond donors (Lipinski definition) is 0. The minimum Gasteiger partial charge on any atom is -0.497 e. The van der Waals surface area contributed by atoms with Gasteiger partial charge in [-0.15, -0.1) is 0 Å². The summed E-state index contributed by atoms with van der Waals surface area (Å²) in [5.74, 6) is 1.51. The molecule has 0 aliphatic carbocycles. The van der Waals surface area contributed by atoms with Gasteiger partial charge in [-0.25, -0.2) is 0 Å². The van der Waals surface area contributed by atoms with Gasteiger partial charge in [0.1, 0.15) is 17.2 Å². The number of benzene rings is 3. The Balaban J connectivity index is 1.40. The molecule has 1 aliphatic heterocycles. The molecule has 7 heteroatoms. The second kappa shape index (κ2) is 8.96. The van der Waals surface area contributed by atoms with E-state index in [1.54, 1.807) is 56.5 Å². The van der Waals surface area contributed by atoms with Gasteiger partial charge in [-0.05, 0) is 67.6 Å². The quantitative estimate of drug-likeness (QED) is 0.245. The van der Waals surface area contributed by atoms with Crippen molar-refractivity contribution in [2.75, 3.05) is 13.7 Å². The molecule has 0 saturated heterocycles. The van der Waals surface area contributed by atoms with E-state index in [4.69, 9.17) is 25.8 Å². The van der Waals surface area contributed by atoms with Gasteiger partial charge in [0.2, 0.25) is 5.78 Å². The first-order valence-electron chi connectivity index (χ1n) is 11.0. The lowest BCUT2D eigenvalue weighted by molar-refractivity contribution is 0.0920. The lowest BCUT2D eigenvalue weighted by Gasteiger charge is -2.11. The lowest BCUT2D eigenvalue weighted by Crippen LogP contribution is -2.12. The number of carbonyl (C=O) groups is 2. The number of hydrogen-bond acceptors (Lipinski definition) is 5. The molecule has 0 amide bonds. The van der Waals surface area contributed by atoms with Gasteiger partial charge in [-0.1, -0.05) is 11.6 Å². The number of aryl methyl sites for hydroxylation is 1. The van der Waals surface area contributed by atoms with Gasteiger partial charge >= 0.3 is 0 Å². The third-order valence-corrected chi connectivity index (χ3v) is 6.33. The standard InChI is InChI=1S/C28H22ClNO5/c1-16-25(34-15-24(31)17-4-6-19(29)7-5-17)11-9-21-27(32)26(35-28(16)21)12-18-14-30(2)23-10-8-20(33-3)13-22(18)23/h4-14H,15H2,1-3H3/b26-12-. The highest BCUT2D eigenvalue weighted by Gasteiger charge is 2.30. The number of aromatic nitrogens is 1. The first-order chi connectivity index (χ1) is 16.9. The number of ketones is 2. The number of Topliss-reactive ketones (excluding diaryl/α,β-unsaturated/α-hetero) is 2. The van der Waals surface area contributed by atoms with Crippen LogP contribution in [0.15, 0.2) is 66.6 Å². The molecule has 0 fully saturated rings. The molecule has 0 saturated carbocycles. The summed E-state index contributed by atoms with van der Waals surface area (Å²) in [7, 11) is 3.57. The molecule has 1 aromatic heterocycles. The first-order valence-corrected chi connectivity index (χ1v) is 11.4. The molecular weight excluding hydrogens is 466 g/mol. The van der Waals surface area contributed by atoms with Gasteiger partial charge in [0, 0.05) is 45.9 Å². The molecule has 0 N–H and O–H groups in total. The van der Waals surface area contributed by atoms with Crippen molar-refractivity contribution < 1.29 is 23.8 Å². The van der Waals surface area contributed by atoms with Crippen molar-refractivity contribution in [2.24, 2.45) is 7.05 Å². The number of nitrogens with zero attached hydrogens (tertiary/aromatic N) is 1. The van der Waals surface area contributed by atoms with E-state index in [1.165, 1.54) is 0 Å². The predicted octanol–water partition coefficient (Wildman–Crippen LogP) is 6.03. The molecule has 176 valence electrons. The topological polar surface area (TPSA) is 66.8 Å². The molecule has 2 heterocycles. The minimum atomic E-state index is -0.202. The highest BCUT2D eigenvalue weighted by molar-refractivity contribution is 6.30. The van der Waals surface area contributed by atoms with E-state index < -0.39 is 0 Å². The van der Waals surface area contributed by atoms with Crippen LogP contribution >= 0.6 is 11.6 Å². The maximum absolute atomic E-state index is 13.1. The fraction of sp³-hybridized carbons (Fsp3) is 0.143. The van der Waals surface area contributed by atoms with Gasteiger partial charge < -0.3 is 18.8 Å². The van der Waals surface area contributed by atoms with Gasteiger partial charge in [0.05, 0.1) is 12.7 Å². The summed E-state index contributed by atoms with van der Waals surface area (Å²) in [6.45, 7) is 1.66. The summed E-state index contributed by atoms with van der Waals surface area (Å²) in [5.41, 5.74) is 3.49. The Morgan fingerprint density at radius 1 is 1.11 bits per heavy atom. The van der Waals surface area contributed by atoms with Crippen molar-refractivity contribution in [1.29, 1.82) is 0 Å². The Kier molecular flexibility index (Phi) is 5.83. The maximum Gasteiger partial charge on any atom is 0.231 e. The Hall–Kier alpha value is -4.03. The summed E-state index contributed by atoms with van der Waals surface area (Å²) < 4.78 is 19.1. The Morgan fingerprint density at radius 2 is 1.89 bits per heavy atom. The molecule has 3 aromatic carbocycles. The molecule has 0 radical (unpaired) electrons. The summed E-state index contributed by atoms with van der Waals surface area (Å²) in [6.07, 6.45) is 3.69. The van der Waals surface area contributed by atoms with Crippen LogP contribution in [0.5, 0.6) is 17.2 Å². The van der Waals surface area contributed by atoms with Crippen molar-refractivity contribution in [2.45, 2.75) is 6.92 Å². The van der Waals surface area contributed by atoms with Crippen molar-refractivity contribution in [3.63, 3.8) is 0 Å². The number of methoxy groups -OCH3 is 1. The second-order valence-electron chi connectivity index (χ2n) is 8.30. The van der Waals surface area contributed by atoms with Gasteiger partial charge in [0.25, 0.3) is 0 Å². The summed E-state index contributed by atoms with van der Waals surface area (Å²) in [5, 5.41) is 1.51. The van der Waals surface area contributed by atoms with Crippen LogP contribution in [0.3, 0.4) is 0 Å². The van der Waals surface area contributed by atoms with Crippen LogP contribution in [0.4, 0.5) is 0 Å². The van der Waals surface area contributed by atoms with Crippen molar-refractivity contribution in [1.82, 2.24) is 4.57 Å². The van der Waals surface area contributed by atoms with Gasteiger partial charge in [-0.2, -0.15) is 0 Å². The average molecular weight is 488 g/mol. The third kappa shape index (κ3) is 4.17. The third-order valence-electron chi connectivity index (χ3n) is 6.08. The van der Waals surface area contributed by atoms with Crippen LogP contribution in [0.2, 0.25) is 5.02 Å². The number of ether oxygens (including phenoxy) is 3. The predicted molar refractivity (Wildman–Crippen MR) is 135 cm³/mol. The normalized spacial score (nSPS) is 13.7. The maximum atomic E-state index is 13.1. The minimum absolute atomic E-state index is 0.143. The van der Waals surface area contributed by atoms with E-state index in [1.807, 2.05) is 36.0 Å². The Morgan fingerprint density at radius 3 is 2.63 bits per heavy atom. The smallest absolute Gasteiger partial charge is 0.231 e. The highest BCUT2D eigenvalue weighted by Crippen LogP contribution is 2.40. The average Bonchev–Trinajstić information content (AvgIpc) is 3.35. The molecule has 0 unspecified atom stereocenters. The zero-order valence-corrected chi connectivity index (χ0v) is 20.2. The fourth-order valence-electron chi connectivity index (χ4n) is 4.17. The monoisotopic (exact) mass is 487 g/mol. The molecule has 0 bridgehead atoms. The second-order valence-corrected chi connectivity index (χ2v) is 8.74. The van der Waals surface area contributed by atoms with Gasteiger partial charge in [-0.3, -0.25) is 9.59 Å². The highest BCUT2D eigenvalue weighted by atomic mass is 35.5. The molecular formula is C28H22ClNO5. The molecule has 4 aromatic rings. The number of halogens is 1. The summed E-state index contributed by atoms with van der Waals surface area (Å²) in [6, 6.07) is 15.8. The first kappa shape index (κ1) is 22.7. The number of allylic oxidation sites excluding steroid dienone is 1. The Labute approximate surface area is 207 Å².